The summed E-state index contributed by atoms with van der Waals surface area (Å²) in [5, 5.41) is 6.62. The number of imide groups is 1. The molecule has 34 heavy (non-hydrogen) atoms. The fraction of sp³-hybridized carbons (Fsp3) is 0.154. The molecule has 3 heterocycles. The summed E-state index contributed by atoms with van der Waals surface area (Å²) in [7, 11) is 0. The molecule has 6 nitrogen and oxygen atoms in total. The molecule has 3 aromatic rings. The highest BCUT2D eigenvalue weighted by Gasteiger charge is 2.65. The van der Waals surface area contributed by atoms with E-state index in [1.165, 1.54) is 24.3 Å². The van der Waals surface area contributed by atoms with Gasteiger partial charge in [-0.1, -0.05) is 35.9 Å². The van der Waals surface area contributed by atoms with Gasteiger partial charge < -0.3 is 0 Å². The lowest BCUT2D eigenvalue weighted by molar-refractivity contribution is -0.124. The third-order valence-corrected chi connectivity index (χ3v) is 7.03. The van der Waals surface area contributed by atoms with Gasteiger partial charge in [-0.2, -0.15) is 5.10 Å². The van der Waals surface area contributed by atoms with Crippen LogP contribution < -0.4 is 4.90 Å². The lowest BCUT2D eigenvalue weighted by Gasteiger charge is -2.33. The molecule has 0 bridgehead atoms. The molecule has 3 aliphatic rings. The number of ketones is 1. The zero-order chi connectivity index (χ0) is 23.6. The normalized spacial score (nSPS) is 24.8. The number of benzene rings is 3. The van der Waals surface area contributed by atoms with Crippen LogP contribution in [0.4, 0.5) is 10.1 Å². The average molecular weight is 474 g/mol. The van der Waals surface area contributed by atoms with E-state index >= 15 is 0 Å². The van der Waals surface area contributed by atoms with Crippen LogP contribution in [0, 0.1) is 17.7 Å². The lowest BCUT2D eigenvalue weighted by atomic mass is 9.83. The summed E-state index contributed by atoms with van der Waals surface area (Å²) in [5.74, 6) is -3.44. The maximum atomic E-state index is 13.7. The summed E-state index contributed by atoms with van der Waals surface area (Å²) in [5.41, 5.74) is 2.33. The van der Waals surface area contributed by atoms with Crippen LogP contribution in [0.15, 0.2) is 77.9 Å². The van der Waals surface area contributed by atoms with E-state index in [1.807, 2.05) is 24.3 Å². The molecule has 168 valence electrons. The van der Waals surface area contributed by atoms with E-state index in [9.17, 15) is 18.8 Å². The Hall–Kier alpha value is -3.84. The van der Waals surface area contributed by atoms with Crippen molar-refractivity contribution in [1.82, 2.24) is 5.01 Å². The van der Waals surface area contributed by atoms with E-state index in [0.29, 0.717) is 10.6 Å². The third-order valence-electron chi connectivity index (χ3n) is 6.78. The number of halogens is 2. The average Bonchev–Trinajstić information content (AvgIpc) is 3.32. The van der Waals surface area contributed by atoms with E-state index in [2.05, 4.69) is 5.10 Å². The highest BCUT2D eigenvalue weighted by molar-refractivity contribution is 6.30. The first-order valence-corrected chi connectivity index (χ1v) is 11.2. The first kappa shape index (κ1) is 20.7. The molecule has 0 aliphatic carbocycles. The molecular formula is C26H17ClFN3O3. The van der Waals surface area contributed by atoms with Gasteiger partial charge in [-0.25, -0.2) is 9.29 Å². The third kappa shape index (κ3) is 2.93. The number of Topliss-reactive ketones (excluding diaryl/α,β-unsaturated/α-hetero) is 1. The predicted octanol–water partition coefficient (Wildman–Crippen LogP) is 4.24. The highest BCUT2D eigenvalue weighted by Crippen LogP contribution is 2.53. The van der Waals surface area contributed by atoms with Crippen LogP contribution in [0.25, 0.3) is 0 Å². The fourth-order valence-corrected chi connectivity index (χ4v) is 5.42. The van der Waals surface area contributed by atoms with Crippen molar-refractivity contribution in [2.75, 3.05) is 4.90 Å². The van der Waals surface area contributed by atoms with Crippen LogP contribution in [0.1, 0.15) is 27.5 Å². The predicted molar refractivity (Wildman–Crippen MR) is 124 cm³/mol. The van der Waals surface area contributed by atoms with E-state index < -0.39 is 41.6 Å². The minimum atomic E-state index is -0.970. The summed E-state index contributed by atoms with van der Waals surface area (Å²) in [6.45, 7) is 0. The van der Waals surface area contributed by atoms with E-state index in [1.54, 1.807) is 35.5 Å². The number of carbonyl (C=O) groups excluding carboxylic acids is 3. The Balaban J connectivity index is 1.49. The first-order chi connectivity index (χ1) is 16.5. The van der Waals surface area contributed by atoms with E-state index in [4.69, 9.17) is 11.6 Å². The molecule has 0 saturated carbocycles. The van der Waals surface area contributed by atoms with Gasteiger partial charge in [-0.05, 0) is 59.7 Å². The van der Waals surface area contributed by atoms with Crippen molar-refractivity contribution in [2.45, 2.75) is 12.1 Å². The molecule has 0 N–H and O–H groups in total. The van der Waals surface area contributed by atoms with Crippen molar-refractivity contribution in [1.29, 1.82) is 0 Å². The second-order valence-corrected chi connectivity index (χ2v) is 8.99. The van der Waals surface area contributed by atoms with Crippen LogP contribution in [0.5, 0.6) is 0 Å². The maximum Gasteiger partial charge on any atom is 0.240 e. The minimum Gasteiger partial charge on any atom is -0.292 e. The van der Waals surface area contributed by atoms with Gasteiger partial charge in [0.2, 0.25) is 11.8 Å². The maximum absolute atomic E-state index is 13.7. The molecule has 0 unspecified atom stereocenters. The highest BCUT2D eigenvalue weighted by atomic mass is 35.5. The minimum absolute atomic E-state index is 0.280. The van der Waals surface area contributed by atoms with Gasteiger partial charge in [0.1, 0.15) is 11.9 Å². The Morgan fingerprint density at radius 1 is 0.882 bits per heavy atom. The molecule has 0 spiro atoms. The number of hydrogen-bond acceptors (Lipinski definition) is 5. The van der Waals surface area contributed by atoms with Gasteiger partial charge in [-0.3, -0.25) is 19.4 Å². The van der Waals surface area contributed by atoms with Gasteiger partial charge in [0.05, 0.1) is 29.8 Å². The number of hydrogen-bond donors (Lipinski definition) is 0. The molecule has 2 saturated heterocycles. The zero-order valence-electron chi connectivity index (χ0n) is 17.6. The Kier molecular flexibility index (Phi) is 4.64. The Morgan fingerprint density at radius 3 is 2.29 bits per heavy atom. The van der Waals surface area contributed by atoms with Gasteiger partial charge in [-0.15, -0.1) is 0 Å². The fourth-order valence-electron chi connectivity index (χ4n) is 5.30. The van der Waals surface area contributed by atoms with Crippen molar-refractivity contribution in [3.05, 3.63) is 100 Å². The van der Waals surface area contributed by atoms with E-state index in [0.717, 1.165) is 16.0 Å². The molecule has 0 aromatic heterocycles. The lowest BCUT2D eigenvalue weighted by Crippen LogP contribution is -2.44. The Morgan fingerprint density at radius 2 is 1.56 bits per heavy atom. The monoisotopic (exact) mass is 473 g/mol. The number of amides is 2. The summed E-state index contributed by atoms with van der Waals surface area (Å²) in [6.07, 6.45) is 1.65. The van der Waals surface area contributed by atoms with Gasteiger partial charge >= 0.3 is 0 Å². The number of hydrazone groups is 1. The summed E-state index contributed by atoms with van der Waals surface area (Å²) >= 11 is 6.00. The second-order valence-electron chi connectivity index (χ2n) is 8.55. The zero-order valence-corrected chi connectivity index (χ0v) is 18.4. The summed E-state index contributed by atoms with van der Waals surface area (Å²) < 4.78 is 13.5. The van der Waals surface area contributed by atoms with Crippen LogP contribution in [0.2, 0.25) is 5.02 Å². The largest absolute Gasteiger partial charge is 0.292 e. The number of fused-ring (bicyclic) bond motifs is 5. The van der Waals surface area contributed by atoms with Gasteiger partial charge in [0.15, 0.2) is 5.78 Å². The van der Waals surface area contributed by atoms with E-state index in [-0.39, 0.29) is 11.5 Å². The molecule has 6 rings (SSSR count). The molecule has 0 radical (unpaired) electrons. The number of rotatable bonds is 3. The second kappa shape index (κ2) is 7.60. The first-order valence-electron chi connectivity index (χ1n) is 10.8. The molecule has 2 amide bonds. The molecule has 4 atom stereocenters. The number of carbonyl (C=O) groups is 3. The Labute approximate surface area is 199 Å². The van der Waals surface area contributed by atoms with Gasteiger partial charge in [0.25, 0.3) is 0 Å². The standard InChI is InChI=1S/C26H17ClFN3O3/c27-16-7-5-14(6-8-16)24(32)23-21-20(22-19-4-2-1-3-15(19)13-29-31(22)23)25(33)30(26(21)34)18-11-9-17(28)10-12-18/h1-13,20-23H/t20-,21-,22-,23+/m1/s1. The van der Waals surface area contributed by atoms with Crippen molar-refractivity contribution >= 4 is 41.1 Å². The summed E-state index contributed by atoms with van der Waals surface area (Å²) in [4.78, 5) is 42.2. The van der Waals surface area contributed by atoms with Crippen molar-refractivity contribution < 1.29 is 18.8 Å². The van der Waals surface area contributed by atoms with Crippen LogP contribution in [-0.4, -0.2) is 34.9 Å². The molecule has 3 aliphatic heterocycles. The smallest absolute Gasteiger partial charge is 0.240 e. The van der Waals surface area contributed by atoms with Crippen LogP contribution in [-0.2, 0) is 9.59 Å². The molecule has 3 aromatic carbocycles. The molecule has 2 fully saturated rings. The van der Waals surface area contributed by atoms with Crippen molar-refractivity contribution in [3.8, 4) is 0 Å². The van der Waals surface area contributed by atoms with Crippen LogP contribution >= 0.6 is 11.6 Å². The number of anilines is 1. The topological polar surface area (TPSA) is 70.0 Å². The van der Waals surface area contributed by atoms with Gasteiger partial charge in [0, 0.05) is 10.6 Å². The SMILES string of the molecule is O=C(c1ccc(Cl)cc1)[C@@H]1[C@@H]2C(=O)N(c3ccc(F)cc3)C(=O)[C@H]2[C@H]2c3ccccc3C=NN12. The van der Waals surface area contributed by atoms with Crippen molar-refractivity contribution in [3.63, 3.8) is 0 Å². The Bertz CT molecular complexity index is 1370. The molecule has 8 heteroatoms. The number of nitrogens with zero attached hydrogens (tertiary/aromatic N) is 3. The quantitative estimate of drug-likeness (QED) is 0.421. The van der Waals surface area contributed by atoms with Crippen LogP contribution in [0.3, 0.4) is 0 Å². The van der Waals surface area contributed by atoms with Crippen molar-refractivity contribution in [2.24, 2.45) is 16.9 Å². The molecular weight excluding hydrogens is 457 g/mol. The summed E-state index contributed by atoms with van der Waals surface area (Å²) in [6, 6.07) is 17.6.